The van der Waals surface area contributed by atoms with Crippen LogP contribution in [0.5, 0.6) is 11.5 Å². The quantitative estimate of drug-likeness (QED) is 0.677. The highest BCUT2D eigenvalue weighted by Crippen LogP contribution is 2.33. The zero-order valence-electron chi connectivity index (χ0n) is 16.0. The summed E-state index contributed by atoms with van der Waals surface area (Å²) in [4.78, 5) is 15.1. The van der Waals surface area contributed by atoms with Gasteiger partial charge < -0.3 is 14.8 Å². The Labute approximate surface area is 168 Å². The molecule has 1 amide bonds. The van der Waals surface area contributed by atoms with Crippen molar-refractivity contribution in [1.29, 1.82) is 0 Å². The predicted octanol–water partition coefficient (Wildman–Crippen LogP) is 4.37. The Balaban J connectivity index is 1.56. The lowest BCUT2D eigenvalue weighted by molar-refractivity contribution is -0.121. The third-order valence-corrected chi connectivity index (χ3v) is 4.79. The first-order chi connectivity index (χ1) is 14.1. The molecule has 1 atom stereocenters. The van der Waals surface area contributed by atoms with Crippen molar-refractivity contribution in [2.75, 3.05) is 19.2 Å². The average Bonchev–Trinajstić information content (AvgIpc) is 3.18. The maximum atomic E-state index is 13.2. The van der Waals surface area contributed by atoms with Crippen molar-refractivity contribution in [2.45, 2.75) is 12.6 Å². The number of anilines is 1. The van der Waals surface area contributed by atoms with Gasteiger partial charge in [0.05, 0.1) is 0 Å². The minimum Gasteiger partial charge on any atom is -0.454 e. The number of carbonyl (C=O) groups excluding carboxylic acids is 1. The van der Waals surface area contributed by atoms with Gasteiger partial charge in [-0.25, -0.2) is 4.39 Å². The van der Waals surface area contributed by atoms with Crippen molar-refractivity contribution < 1.29 is 18.7 Å². The molecule has 5 nitrogen and oxygen atoms in total. The SMILES string of the molecule is CN(Cc1ccc2c(c1)OCO2)[C@@H](C(=O)Nc1ccc(F)cc1)c1ccccc1. The number of halogens is 1. The third-order valence-electron chi connectivity index (χ3n) is 4.79. The van der Waals surface area contributed by atoms with E-state index in [-0.39, 0.29) is 18.5 Å². The summed E-state index contributed by atoms with van der Waals surface area (Å²) in [7, 11) is 1.90. The molecule has 3 aromatic carbocycles. The molecule has 0 spiro atoms. The summed E-state index contributed by atoms with van der Waals surface area (Å²) in [5.74, 6) is 0.904. The van der Waals surface area contributed by atoms with Gasteiger partial charge in [0.15, 0.2) is 11.5 Å². The van der Waals surface area contributed by atoms with Crippen molar-refractivity contribution in [3.8, 4) is 11.5 Å². The van der Waals surface area contributed by atoms with Gasteiger partial charge in [0.2, 0.25) is 12.7 Å². The lowest BCUT2D eigenvalue weighted by Crippen LogP contribution is -2.34. The molecule has 0 unspecified atom stereocenters. The number of nitrogens with zero attached hydrogens (tertiary/aromatic N) is 1. The minimum atomic E-state index is -0.522. The second kappa shape index (κ2) is 8.32. The zero-order valence-corrected chi connectivity index (χ0v) is 16.0. The number of carbonyl (C=O) groups is 1. The van der Waals surface area contributed by atoms with E-state index in [1.807, 2.05) is 60.5 Å². The molecule has 29 heavy (non-hydrogen) atoms. The number of hydrogen-bond acceptors (Lipinski definition) is 4. The summed E-state index contributed by atoms with van der Waals surface area (Å²) in [6.07, 6.45) is 0. The summed E-state index contributed by atoms with van der Waals surface area (Å²) in [6.45, 7) is 0.758. The first-order valence-electron chi connectivity index (χ1n) is 9.30. The molecule has 1 aliphatic rings. The predicted molar refractivity (Wildman–Crippen MR) is 108 cm³/mol. The summed E-state index contributed by atoms with van der Waals surface area (Å²) in [5.41, 5.74) is 2.43. The van der Waals surface area contributed by atoms with Crippen LogP contribution in [-0.2, 0) is 11.3 Å². The standard InChI is InChI=1S/C23H21FN2O3/c1-26(14-16-7-12-20-21(13-16)29-15-28-20)22(17-5-3-2-4-6-17)23(27)25-19-10-8-18(24)9-11-19/h2-13,22H,14-15H2,1H3,(H,25,27)/t22-/m1/s1. The van der Waals surface area contributed by atoms with Gasteiger partial charge in [-0.2, -0.15) is 0 Å². The fourth-order valence-corrected chi connectivity index (χ4v) is 3.40. The Kier molecular flexibility index (Phi) is 5.44. The number of hydrogen-bond donors (Lipinski definition) is 1. The van der Waals surface area contributed by atoms with Gasteiger partial charge in [-0.1, -0.05) is 36.4 Å². The minimum absolute atomic E-state index is 0.189. The van der Waals surface area contributed by atoms with Crippen LogP contribution < -0.4 is 14.8 Å². The molecular formula is C23H21FN2O3. The lowest BCUT2D eigenvalue weighted by atomic mass is 10.0. The van der Waals surface area contributed by atoms with Gasteiger partial charge in [0.25, 0.3) is 0 Å². The van der Waals surface area contributed by atoms with Crippen LogP contribution in [0.3, 0.4) is 0 Å². The van der Waals surface area contributed by atoms with Crippen molar-refractivity contribution in [2.24, 2.45) is 0 Å². The Morgan fingerprint density at radius 3 is 2.52 bits per heavy atom. The molecule has 148 valence electrons. The van der Waals surface area contributed by atoms with Gasteiger partial charge in [0, 0.05) is 12.2 Å². The highest BCUT2D eigenvalue weighted by molar-refractivity contribution is 5.95. The molecule has 1 N–H and O–H groups in total. The summed E-state index contributed by atoms with van der Waals surface area (Å²) >= 11 is 0. The number of fused-ring (bicyclic) bond motifs is 1. The Bertz CT molecular complexity index is 993. The Morgan fingerprint density at radius 2 is 1.76 bits per heavy atom. The summed E-state index contributed by atoms with van der Waals surface area (Å²) in [5, 5.41) is 2.88. The van der Waals surface area contributed by atoms with E-state index in [0.717, 1.165) is 16.9 Å². The molecule has 0 aromatic heterocycles. The van der Waals surface area contributed by atoms with Gasteiger partial charge in [0.1, 0.15) is 11.9 Å². The van der Waals surface area contributed by atoms with E-state index in [4.69, 9.17) is 9.47 Å². The van der Waals surface area contributed by atoms with Crippen molar-refractivity contribution in [3.63, 3.8) is 0 Å². The highest BCUT2D eigenvalue weighted by atomic mass is 19.1. The molecule has 0 bridgehead atoms. The first-order valence-corrected chi connectivity index (χ1v) is 9.30. The van der Waals surface area contributed by atoms with Crippen LogP contribution in [0.1, 0.15) is 17.2 Å². The summed E-state index contributed by atoms with van der Waals surface area (Å²) < 4.78 is 24.0. The molecule has 3 aromatic rings. The van der Waals surface area contributed by atoms with Crippen LogP contribution in [-0.4, -0.2) is 24.6 Å². The summed E-state index contributed by atoms with van der Waals surface area (Å²) in [6, 6.07) is 20.6. The highest BCUT2D eigenvalue weighted by Gasteiger charge is 2.26. The third kappa shape index (κ3) is 4.38. The number of amides is 1. The molecule has 0 saturated heterocycles. The zero-order chi connectivity index (χ0) is 20.2. The molecule has 0 radical (unpaired) electrons. The van der Waals surface area contributed by atoms with Crippen molar-refractivity contribution in [1.82, 2.24) is 4.90 Å². The van der Waals surface area contributed by atoms with E-state index in [0.29, 0.717) is 18.0 Å². The Morgan fingerprint density at radius 1 is 1.03 bits per heavy atom. The molecule has 0 aliphatic carbocycles. The topological polar surface area (TPSA) is 50.8 Å². The van der Waals surface area contributed by atoms with E-state index in [9.17, 15) is 9.18 Å². The van der Waals surface area contributed by atoms with E-state index < -0.39 is 6.04 Å². The largest absolute Gasteiger partial charge is 0.454 e. The second-order valence-corrected chi connectivity index (χ2v) is 6.91. The van der Waals surface area contributed by atoms with Crippen LogP contribution in [0.2, 0.25) is 0 Å². The second-order valence-electron chi connectivity index (χ2n) is 6.91. The molecule has 0 saturated carbocycles. The van der Waals surface area contributed by atoms with Crippen LogP contribution in [0.15, 0.2) is 72.8 Å². The van der Waals surface area contributed by atoms with Crippen LogP contribution >= 0.6 is 0 Å². The number of ether oxygens (including phenoxy) is 2. The average molecular weight is 392 g/mol. The molecule has 4 rings (SSSR count). The molecule has 0 fully saturated rings. The van der Waals surface area contributed by atoms with Crippen molar-refractivity contribution >= 4 is 11.6 Å². The number of likely N-dealkylation sites (N-methyl/N-ethyl adjacent to an activating group) is 1. The van der Waals surface area contributed by atoms with E-state index in [1.165, 1.54) is 12.1 Å². The monoisotopic (exact) mass is 392 g/mol. The van der Waals surface area contributed by atoms with E-state index in [1.54, 1.807) is 12.1 Å². The van der Waals surface area contributed by atoms with E-state index in [2.05, 4.69) is 5.32 Å². The number of rotatable bonds is 6. The molecule has 1 heterocycles. The van der Waals surface area contributed by atoms with Crippen LogP contribution in [0.25, 0.3) is 0 Å². The maximum absolute atomic E-state index is 13.2. The number of nitrogens with one attached hydrogen (secondary N) is 1. The lowest BCUT2D eigenvalue weighted by Gasteiger charge is -2.27. The van der Waals surface area contributed by atoms with Gasteiger partial charge in [-0.05, 0) is 54.6 Å². The van der Waals surface area contributed by atoms with Gasteiger partial charge in [-0.3, -0.25) is 9.69 Å². The van der Waals surface area contributed by atoms with Gasteiger partial charge >= 0.3 is 0 Å². The van der Waals surface area contributed by atoms with E-state index >= 15 is 0 Å². The fraction of sp³-hybridized carbons (Fsp3) is 0.174. The normalized spacial score (nSPS) is 13.3. The molecule has 1 aliphatic heterocycles. The van der Waals surface area contributed by atoms with Gasteiger partial charge in [-0.15, -0.1) is 0 Å². The maximum Gasteiger partial charge on any atom is 0.246 e. The van der Waals surface area contributed by atoms with Crippen LogP contribution in [0.4, 0.5) is 10.1 Å². The number of benzene rings is 3. The first kappa shape index (κ1) is 19.0. The molecular weight excluding hydrogens is 371 g/mol. The Hall–Kier alpha value is -3.38. The molecule has 6 heteroatoms. The van der Waals surface area contributed by atoms with Crippen LogP contribution in [0, 0.1) is 5.82 Å². The fourth-order valence-electron chi connectivity index (χ4n) is 3.40. The smallest absolute Gasteiger partial charge is 0.246 e. The van der Waals surface area contributed by atoms with Crippen molar-refractivity contribution in [3.05, 3.63) is 89.7 Å².